The molecule has 0 aromatic heterocycles. The summed E-state index contributed by atoms with van der Waals surface area (Å²) in [7, 11) is 0. The maximum Gasteiger partial charge on any atom is 0.242 e. The number of nitrogens with two attached hydrogens (primary N) is 1. The van der Waals surface area contributed by atoms with Crippen molar-refractivity contribution < 1.29 is 9.53 Å². The highest BCUT2D eigenvalue weighted by molar-refractivity contribution is 5.84. The summed E-state index contributed by atoms with van der Waals surface area (Å²) in [5, 5.41) is 6.05. The number of para-hydroxylation sites is 1. The number of guanidine groups is 1. The molecule has 1 saturated carbocycles. The van der Waals surface area contributed by atoms with E-state index >= 15 is 0 Å². The molecule has 1 aliphatic heterocycles. The Bertz CT molecular complexity index is 554. The summed E-state index contributed by atoms with van der Waals surface area (Å²) in [6.07, 6.45) is 3.02. The van der Waals surface area contributed by atoms with Gasteiger partial charge in [-0.3, -0.25) is 4.79 Å². The number of ether oxygens (including phenoxy) is 1. The molecule has 1 heterocycles. The van der Waals surface area contributed by atoms with E-state index in [2.05, 4.69) is 15.6 Å². The summed E-state index contributed by atoms with van der Waals surface area (Å²) in [5.41, 5.74) is 6.73. The molecule has 3 rings (SSSR count). The topological polar surface area (TPSA) is 88.7 Å². The van der Waals surface area contributed by atoms with Crippen LogP contribution in [0.3, 0.4) is 0 Å². The molecule has 1 aromatic carbocycles. The fraction of sp³-hybridized carbons (Fsp3) is 0.467. The fourth-order valence-electron chi connectivity index (χ4n) is 2.37. The monoisotopic (exact) mass is 288 g/mol. The second kappa shape index (κ2) is 6.03. The third-order valence-electron chi connectivity index (χ3n) is 3.62. The number of nitrogens with one attached hydrogen (secondary N) is 2. The molecule has 0 spiro atoms. The maximum absolute atomic E-state index is 12.0. The molecule has 2 aliphatic rings. The molecule has 1 aliphatic carbocycles. The minimum atomic E-state index is -0.128. The highest BCUT2D eigenvalue weighted by Crippen LogP contribution is 2.31. The van der Waals surface area contributed by atoms with Crippen molar-refractivity contribution in [2.75, 3.05) is 13.2 Å². The Balaban J connectivity index is 1.55. The Kier molecular flexibility index (Phi) is 3.94. The molecule has 1 fully saturated rings. The van der Waals surface area contributed by atoms with Crippen molar-refractivity contribution in [1.29, 1.82) is 0 Å². The van der Waals surface area contributed by atoms with E-state index in [1.54, 1.807) is 0 Å². The summed E-state index contributed by atoms with van der Waals surface area (Å²) in [6.45, 7) is 0.654. The highest BCUT2D eigenvalue weighted by atomic mass is 16.5. The van der Waals surface area contributed by atoms with Crippen molar-refractivity contribution in [1.82, 2.24) is 10.6 Å². The number of fused-ring (bicyclic) bond motifs is 1. The van der Waals surface area contributed by atoms with E-state index < -0.39 is 0 Å². The third-order valence-corrected chi connectivity index (χ3v) is 3.62. The van der Waals surface area contributed by atoms with Gasteiger partial charge in [0.1, 0.15) is 12.3 Å². The van der Waals surface area contributed by atoms with Crippen LogP contribution in [0.2, 0.25) is 0 Å². The highest BCUT2D eigenvalue weighted by Gasteiger charge is 2.23. The van der Waals surface area contributed by atoms with Gasteiger partial charge in [0.2, 0.25) is 5.91 Å². The first-order chi connectivity index (χ1) is 10.2. The predicted octanol–water partition coefficient (Wildman–Crippen LogP) is 0.693. The summed E-state index contributed by atoms with van der Waals surface area (Å²) in [5.74, 6) is 1.06. The van der Waals surface area contributed by atoms with Crippen molar-refractivity contribution in [2.24, 2.45) is 10.7 Å². The minimum absolute atomic E-state index is 0.0183. The van der Waals surface area contributed by atoms with Crippen molar-refractivity contribution in [3.05, 3.63) is 29.8 Å². The Hall–Kier alpha value is -2.24. The molecule has 0 saturated heterocycles. The van der Waals surface area contributed by atoms with Crippen molar-refractivity contribution in [3.63, 3.8) is 0 Å². The number of hydrogen-bond donors (Lipinski definition) is 3. The number of carbonyl (C=O) groups is 1. The van der Waals surface area contributed by atoms with Crippen LogP contribution in [0.4, 0.5) is 0 Å². The van der Waals surface area contributed by atoms with Crippen molar-refractivity contribution in [2.45, 2.75) is 31.3 Å². The molecule has 1 aromatic rings. The van der Waals surface area contributed by atoms with Gasteiger partial charge < -0.3 is 21.1 Å². The lowest BCUT2D eigenvalue weighted by Crippen LogP contribution is -2.36. The zero-order valence-electron chi connectivity index (χ0n) is 11.8. The second-order valence-corrected chi connectivity index (χ2v) is 5.42. The van der Waals surface area contributed by atoms with E-state index in [9.17, 15) is 4.79 Å². The van der Waals surface area contributed by atoms with Gasteiger partial charge in [-0.25, -0.2) is 4.99 Å². The van der Waals surface area contributed by atoms with Crippen LogP contribution in [0.5, 0.6) is 5.75 Å². The predicted molar refractivity (Wildman–Crippen MR) is 80.1 cm³/mol. The van der Waals surface area contributed by atoms with E-state index in [-0.39, 0.29) is 18.5 Å². The van der Waals surface area contributed by atoms with E-state index in [0.717, 1.165) is 30.6 Å². The van der Waals surface area contributed by atoms with E-state index in [4.69, 9.17) is 10.5 Å². The van der Waals surface area contributed by atoms with Crippen LogP contribution < -0.4 is 21.1 Å². The zero-order chi connectivity index (χ0) is 14.7. The zero-order valence-corrected chi connectivity index (χ0v) is 11.8. The molecule has 6 nitrogen and oxygen atoms in total. The van der Waals surface area contributed by atoms with Gasteiger partial charge in [-0.2, -0.15) is 0 Å². The van der Waals surface area contributed by atoms with Gasteiger partial charge >= 0.3 is 0 Å². The van der Waals surface area contributed by atoms with Crippen LogP contribution in [0, 0.1) is 0 Å². The second-order valence-electron chi connectivity index (χ2n) is 5.42. The molecule has 21 heavy (non-hydrogen) atoms. The molecule has 6 heteroatoms. The lowest BCUT2D eigenvalue weighted by atomic mass is 10.0. The van der Waals surface area contributed by atoms with E-state index in [1.165, 1.54) is 0 Å². The molecule has 4 N–H and O–H groups in total. The molecule has 1 amide bonds. The van der Waals surface area contributed by atoms with Crippen LogP contribution in [-0.4, -0.2) is 31.1 Å². The average Bonchev–Trinajstić information content (AvgIpc) is 3.29. The molecular formula is C15H20N4O2. The van der Waals surface area contributed by atoms with Crippen LogP contribution in [0.1, 0.15) is 30.9 Å². The number of hydrogen-bond acceptors (Lipinski definition) is 3. The smallest absolute Gasteiger partial charge is 0.242 e. The Morgan fingerprint density at radius 2 is 2.10 bits per heavy atom. The third kappa shape index (κ3) is 3.65. The largest absolute Gasteiger partial charge is 0.493 e. The first-order valence-corrected chi connectivity index (χ1v) is 7.30. The van der Waals surface area contributed by atoms with Crippen molar-refractivity contribution in [3.8, 4) is 5.75 Å². The fourth-order valence-corrected chi connectivity index (χ4v) is 2.37. The number of aliphatic imine (C=N–C) groups is 1. The first kappa shape index (κ1) is 13.7. The van der Waals surface area contributed by atoms with Gasteiger partial charge in [0.25, 0.3) is 0 Å². The van der Waals surface area contributed by atoms with Gasteiger partial charge in [-0.15, -0.1) is 0 Å². The summed E-state index contributed by atoms with van der Waals surface area (Å²) < 4.78 is 5.58. The standard InChI is InChI=1S/C15H20N4O2/c16-15(18-10-5-6-10)17-9-14(20)19-12-7-8-21-13-4-2-1-3-11(12)13/h1-4,10,12H,5-9H2,(H,19,20)(H3,16,17,18). The van der Waals surface area contributed by atoms with Gasteiger partial charge in [0, 0.05) is 18.0 Å². The molecule has 1 unspecified atom stereocenters. The van der Waals surface area contributed by atoms with Crippen LogP contribution in [0.25, 0.3) is 0 Å². The SMILES string of the molecule is NC(=NCC(=O)NC1CCOc2ccccc21)NC1CC1. The Labute approximate surface area is 123 Å². The van der Waals surface area contributed by atoms with Gasteiger partial charge in [-0.1, -0.05) is 18.2 Å². The average molecular weight is 288 g/mol. The van der Waals surface area contributed by atoms with E-state index in [1.807, 2.05) is 24.3 Å². The summed E-state index contributed by atoms with van der Waals surface area (Å²) in [4.78, 5) is 16.1. The number of nitrogens with zero attached hydrogens (tertiary/aromatic N) is 1. The Morgan fingerprint density at radius 3 is 2.90 bits per heavy atom. The van der Waals surface area contributed by atoms with Gasteiger partial charge in [0.15, 0.2) is 5.96 Å². The summed E-state index contributed by atoms with van der Waals surface area (Å²) >= 11 is 0. The quantitative estimate of drug-likeness (QED) is 0.562. The van der Waals surface area contributed by atoms with Crippen LogP contribution in [0.15, 0.2) is 29.3 Å². The Morgan fingerprint density at radius 1 is 1.29 bits per heavy atom. The molecule has 112 valence electrons. The van der Waals surface area contributed by atoms with Gasteiger partial charge in [0.05, 0.1) is 12.6 Å². The molecule has 1 atom stereocenters. The normalized spacial score (nSPS) is 21.1. The number of benzene rings is 1. The minimum Gasteiger partial charge on any atom is -0.493 e. The van der Waals surface area contributed by atoms with E-state index in [0.29, 0.717) is 18.6 Å². The molecule has 0 radical (unpaired) electrons. The summed E-state index contributed by atoms with van der Waals surface area (Å²) in [6, 6.07) is 8.20. The molecular weight excluding hydrogens is 268 g/mol. The van der Waals surface area contributed by atoms with Crippen LogP contribution >= 0.6 is 0 Å². The maximum atomic E-state index is 12.0. The number of carbonyl (C=O) groups excluding carboxylic acids is 1. The number of amides is 1. The first-order valence-electron chi connectivity index (χ1n) is 7.30. The lowest BCUT2D eigenvalue weighted by Gasteiger charge is -2.26. The van der Waals surface area contributed by atoms with Crippen molar-refractivity contribution >= 4 is 11.9 Å². The lowest BCUT2D eigenvalue weighted by molar-refractivity contribution is -0.120. The number of rotatable bonds is 4. The molecule has 0 bridgehead atoms. The van der Waals surface area contributed by atoms with Gasteiger partial charge in [-0.05, 0) is 18.9 Å². The van der Waals surface area contributed by atoms with Crippen LogP contribution in [-0.2, 0) is 4.79 Å².